The van der Waals surface area contributed by atoms with Gasteiger partial charge in [-0.15, -0.1) is 11.8 Å². The summed E-state index contributed by atoms with van der Waals surface area (Å²) in [5.41, 5.74) is 0. The molecule has 0 radical (unpaired) electrons. The van der Waals surface area contributed by atoms with Gasteiger partial charge in [0, 0.05) is 18.2 Å². The van der Waals surface area contributed by atoms with E-state index in [2.05, 4.69) is 19.2 Å². The molecule has 4 aliphatic rings. The van der Waals surface area contributed by atoms with Crippen LogP contribution in [0.3, 0.4) is 0 Å². The van der Waals surface area contributed by atoms with Gasteiger partial charge in [0.05, 0.1) is 4.87 Å². The highest BCUT2D eigenvalue weighted by atomic mass is 32.2. The van der Waals surface area contributed by atoms with E-state index in [0.29, 0.717) is 12.3 Å². The Morgan fingerprint density at radius 1 is 1.41 bits per heavy atom. The van der Waals surface area contributed by atoms with Crippen LogP contribution in [0.2, 0.25) is 0 Å². The van der Waals surface area contributed by atoms with Crippen molar-refractivity contribution in [2.75, 3.05) is 5.75 Å². The van der Waals surface area contributed by atoms with Gasteiger partial charge in [0.25, 0.3) is 0 Å². The molecule has 0 aromatic rings. The van der Waals surface area contributed by atoms with Crippen LogP contribution in [0.25, 0.3) is 0 Å². The van der Waals surface area contributed by atoms with E-state index in [1.54, 1.807) is 11.8 Å². The molecule has 2 aliphatic carbocycles. The third kappa shape index (κ3) is 2.19. The minimum Gasteiger partial charge on any atom is -0.352 e. The van der Waals surface area contributed by atoms with Gasteiger partial charge < -0.3 is 10.2 Å². The summed E-state index contributed by atoms with van der Waals surface area (Å²) in [6.07, 6.45) is 6.86. The molecule has 2 aliphatic heterocycles. The number of carbonyl (C=O) groups is 2. The fourth-order valence-electron chi connectivity index (χ4n) is 5.35. The molecule has 6 atom stereocenters. The Hall–Kier alpha value is -0.710. The summed E-state index contributed by atoms with van der Waals surface area (Å²) in [5, 5.41) is 3.25. The Morgan fingerprint density at radius 3 is 2.91 bits per heavy atom. The van der Waals surface area contributed by atoms with Crippen molar-refractivity contribution in [3.63, 3.8) is 0 Å². The van der Waals surface area contributed by atoms with Gasteiger partial charge in [-0.05, 0) is 57.3 Å². The summed E-state index contributed by atoms with van der Waals surface area (Å²) in [5.74, 6) is 3.34. The fourth-order valence-corrected chi connectivity index (χ4v) is 6.78. The monoisotopic (exact) mass is 322 g/mol. The number of fused-ring (bicyclic) bond motifs is 3. The predicted octanol–water partition coefficient (Wildman–Crippen LogP) is 2.38. The van der Waals surface area contributed by atoms with E-state index >= 15 is 0 Å². The van der Waals surface area contributed by atoms with E-state index in [4.69, 9.17) is 0 Å². The van der Waals surface area contributed by atoms with Crippen LogP contribution in [0.1, 0.15) is 52.4 Å². The number of nitrogens with one attached hydrogen (secondary N) is 1. The molecule has 5 heteroatoms. The van der Waals surface area contributed by atoms with E-state index in [9.17, 15) is 9.59 Å². The average Bonchev–Trinajstić information content (AvgIpc) is 3.21. The molecule has 4 fully saturated rings. The highest BCUT2D eigenvalue weighted by molar-refractivity contribution is 8.01. The summed E-state index contributed by atoms with van der Waals surface area (Å²) in [7, 11) is 0. The lowest BCUT2D eigenvalue weighted by atomic mass is 9.84. The normalized spacial score (nSPS) is 44.5. The van der Waals surface area contributed by atoms with Crippen molar-refractivity contribution < 1.29 is 9.59 Å². The minimum atomic E-state index is -0.258. The molecule has 4 rings (SSSR count). The first-order valence-corrected chi connectivity index (χ1v) is 9.73. The van der Waals surface area contributed by atoms with Gasteiger partial charge >= 0.3 is 0 Å². The van der Waals surface area contributed by atoms with Gasteiger partial charge in [-0.25, -0.2) is 0 Å². The maximum atomic E-state index is 12.7. The summed E-state index contributed by atoms with van der Waals surface area (Å²) in [4.78, 5) is 26.6. The molecule has 22 heavy (non-hydrogen) atoms. The molecule has 0 aromatic heterocycles. The molecule has 2 amide bonds. The molecule has 2 bridgehead atoms. The fraction of sp³-hybridized carbons (Fsp3) is 0.882. The second kappa shape index (κ2) is 5.15. The zero-order chi connectivity index (χ0) is 15.5. The topological polar surface area (TPSA) is 49.4 Å². The van der Waals surface area contributed by atoms with Crippen LogP contribution in [0.15, 0.2) is 0 Å². The van der Waals surface area contributed by atoms with E-state index in [1.807, 2.05) is 4.90 Å². The van der Waals surface area contributed by atoms with Gasteiger partial charge in [0.2, 0.25) is 11.8 Å². The number of amides is 2. The van der Waals surface area contributed by atoms with Crippen LogP contribution in [0.5, 0.6) is 0 Å². The SMILES string of the molecule is C[C@@H](NC(=O)[C@@H]1CS[C@@]2(C)CCC(=O)N12)[C@@H]1C[C@@H]2CC[C@@H]1C2. The van der Waals surface area contributed by atoms with Gasteiger partial charge in [-0.1, -0.05) is 6.42 Å². The van der Waals surface area contributed by atoms with Crippen molar-refractivity contribution >= 4 is 23.6 Å². The highest BCUT2D eigenvalue weighted by Gasteiger charge is 2.53. The number of thioether (sulfide) groups is 1. The number of hydrogen-bond donors (Lipinski definition) is 1. The number of carbonyl (C=O) groups excluding carboxylic acids is 2. The smallest absolute Gasteiger partial charge is 0.243 e. The van der Waals surface area contributed by atoms with Crippen LogP contribution in [0.4, 0.5) is 0 Å². The number of rotatable bonds is 3. The van der Waals surface area contributed by atoms with Crippen molar-refractivity contribution in [3.05, 3.63) is 0 Å². The number of hydrogen-bond acceptors (Lipinski definition) is 3. The predicted molar refractivity (Wildman–Crippen MR) is 87.3 cm³/mol. The Morgan fingerprint density at radius 2 is 2.23 bits per heavy atom. The lowest BCUT2D eigenvalue weighted by Crippen LogP contribution is -2.53. The molecule has 0 aromatic carbocycles. The Balaban J connectivity index is 1.41. The largest absolute Gasteiger partial charge is 0.352 e. The minimum absolute atomic E-state index is 0.0711. The van der Waals surface area contributed by atoms with Crippen LogP contribution in [-0.2, 0) is 9.59 Å². The Bertz CT molecular complexity index is 511. The standard InChI is InChI=1S/C17H26N2O2S/c1-10(13-8-11-3-4-12(13)7-11)18-16(21)14-9-22-17(2)6-5-15(20)19(14)17/h10-14H,3-9H2,1-2H3,(H,18,21)/t10-,11-,12-,13+,14+,17+/m1/s1. The van der Waals surface area contributed by atoms with Gasteiger partial charge in [0.15, 0.2) is 0 Å². The summed E-state index contributed by atoms with van der Waals surface area (Å²) >= 11 is 1.77. The quantitative estimate of drug-likeness (QED) is 0.868. The van der Waals surface area contributed by atoms with Crippen LogP contribution in [0, 0.1) is 17.8 Å². The molecule has 122 valence electrons. The third-order valence-electron chi connectivity index (χ3n) is 6.55. The second-order valence-electron chi connectivity index (χ2n) is 7.90. The lowest BCUT2D eigenvalue weighted by Gasteiger charge is -2.32. The first-order valence-electron chi connectivity index (χ1n) is 8.74. The molecule has 0 unspecified atom stereocenters. The first-order chi connectivity index (χ1) is 10.5. The summed E-state index contributed by atoms with van der Waals surface area (Å²) < 4.78 is 0. The van der Waals surface area contributed by atoms with Crippen LogP contribution < -0.4 is 5.32 Å². The molecular weight excluding hydrogens is 296 g/mol. The second-order valence-corrected chi connectivity index (χ2v) is 9.40. The maximum absolute atomic E-state index is 12.7. The van der Waals surface area contributed by atoms with Gasteiger partial charge in [-0.2, -0.15) is 0 Å². The van der Waals surface area contributed by atoms with E-state index in [-0.39, 0.29) is 28.8 Å². The van der Waals surface area contributed by atoms with E-state index in [1.165, 1.54) is 25.7 Å². The van der Waals surface area contributed by atoms with Crippen LogP contribution >= 0.6 is 11.8 Å². The van der Waals surface area contributed by atoms with Gasteiger partial charge in [0.1, 0.15) is 6.04 Å². The van der Waals surface area contributed by atoms with Crippen molar-refractivity contribution in [3.8, 4) is 0 Å². The summed E-state index contributed by atoms with van der Waals surface area (Å²) in [6.45, 7) is 4.27. The molecule has 4 nitrogen and oxygen atoms in total. The van der Waals surface area contributed by atoms with Gasteiger partial charge in [-0.3, -0.25) is 9.59 Å². The molecule has 2 saturated carbocycles. The van der Waals surface area contributed by atoms with Crippen molar-refractivity contribution in [2.24, 2.45) is 17.8 Å². The Kier molecular flexibility index (Phi) is 3.48. The molecular formula is C17H26N2O2S. The molecule has 2 heterocycles. The Labute approximate surface area is 136 Å². The average molecular weight is 322 g/mol. The van der Waals surface area contributed by atoms with Crippen molar-refractivity contribution in [2.45, 2.75) is 69.3 Å². The van der Waals surface area contributed by atoms with Crippen molar-refractivity contribution in [1.82, 2.24) is 10.2 Å². The van der Waals surface area contributed by atoms with Crippen molar-refractivity contribution in [1.29, 1.82) is 0 Å². The summed E-state index contributed by atoms with van der Waals surface area (Å²) in [6, 6.07) is -0.0107. The highest BCUT2D eigenvalue weighted by Crippen LogP contribution is 2.50. The van der Waals surface area contributed by atoms with E-state index < -0.39 is 0 Å². The first kappa shape index (κ1) is 14.9. The lowest BCUT2D eigenvalue weighted by molar-refractivity contribution is -0.138. The third-order valence-corrected chi connectivity index (χ3v) is 8.06. The molecule has 0 spiro atoms. The zero-order valence-corrected chi connectivity index (χ0v) is 14.3. The zero-order valence-electron chi connectivity index (χ0n) is 13.5. The molecule has 2 saturated heterocycles. The maximum Gasteiger partial charge on any atom is 0.243 e. The molecule has 1 N–H and O–H groups in total. The van der Waals surface area contributed by atoms with E-state index in [0.717, 1.165) is 24.0 Å². The van der Waals surface area contributed by atoms with Crippen LogP contribution in [-0.4, -0.2) is 39.4 Å². The number of nitrogens with zero attached hydrogens (tertiary/aromatic N) is 1.